The predicted octanol–water partition coefficient (Wildman–Crippen LogP) is 3.01. The first-order chi connectivity index (χ1) is 9.42. The number of anilines is 1. The van der Waals surface area contributed by atoms with E-state index in [9.17, 15) is 8.42 Å². The van der Waals surface area contributed by atoms with Gasteiger partial charge >= 0.3 is 0 Å². The van der Waals surface area contributed by atoms with Crippen LogP contribution >= 0.6 is 15.9 Å². The Morgan fingerprint density at radius 3 is 2.60 bits per heavy atom. The lowest BCUT2D eigenvalue weighted by molar-refractivity contribution is 0.411. The van der Waals surface area contributed by atoms with Gasteiger partial charge < -0.3 is 10.5 Å². The van der Waals surface area contributed by atoms with Crippen LogP contribution in [0.15, 0.2) is 51.8 Å². The molecule has 0 bridgehead atoms. The van der Waals surface area contributed by atoms with E-state index in [2.05, 4.69) is 15.9 Å². The molecule has 2 rings (SSSR count). The number of nitrogen functional groups attached to an aromatic ring is 1. The Balaban J connectivity index is 2.40. The maximum Gasteiger partial charge on any atom is 0.182 e. The summed E-state index contributed by atoms with van der Waals surface area (Å²) in [7, 11) is -1.95. The average molecular weight is 356 g/mol. The summed E-state index contributed by atoms with van der Waals surface area (Å²) >= 11 is 3.27. The van der Waals surface area contributed by atoms with Crippen LogP contribution in [0.4, 0.5) is 5.69 Å². The van der Waals surface area contributed by atoms with E-state index < -0.39 is 9.84 Å². The third kappa shape index (κ3) is 3.32. The van der Waals surface area contributed by atoms with Crippen LogP contribution in [0.3, 0.4) is 0 Å². The molecular formula is C14H14BrNO3S. The standard InChI is InChI=1S/C14H14BrNO3S/c1-19-14-6-5-12(16)7-10(14)9-20(17,18)13-4-2-3-11(15)8-13/h2-8H,9,16H2,1H3. The van der Waals surface area contributed by atoms with Crippen molar-refractivity contribution in [3.8, 4) is 5.75 Å². The lowest BCUT2D eigenvalue weighted by Gasteiger charge is -2.10. The molecule has 0 saturated heterocycles. The SMILES string of the molecule is COc1ccc(N)cc1CS(=O)(=O)c1cccc(Br)c1. The molecule has 0 radical (unpaired) electrons. The second kappa shape index (κ2) is 5.85. The van der Waals surface area contributed by atoms with E-state index in [-0.39, 0.29) is 10.6 Å². The summed E-state index contributed by atoms with van der Waals surface area (Å²) in [5, 5.41) is 0. The van der Waals surface area contributed by atoms with Gasteiger partial charge in [-0.25, -0.2) is 8.42 Å². The summed E-state index contributed by atoms with van der Waals surface area (Å²) < 4.78 is 30.7. The first kappa shape index (κ1) is 14.9. The molecule has 0 aromatic heterocycles. The summed E-state index contributed by atoms with van der Waals surface area (Å²) in [6, 6.07) is 11.6. The fourth-order valence-corrected chi connectivity index (χ4v) is 3.80. The second-order valence-electron chi connectivity index (χ2n) is 4.29. The lowest BCUT2D eigenvalue weighted by Crippen LogP contribution is -2.06. The molecule has 2 N–H and O–H groups in total. The molecule has 0 aliphatic rings. The smallest absolute Gasteiger partial charge is 0.182 e. The van der Waals surface area contributed by atoms with Crippen LogP contribution in [-0.4, -0.2) is 15.5 Å². The maximum absolute atomic E-state index is 12.4. The molecule has 0 aliphatic carbocycles. The fraction of sp³-hybridized carbons (Fsp3) is 0.143. The molecule has 0 atom stereocenters. The molecule has 4 nitrogen and oxygen atoms in total. The summed E-state index contributed by atoms with van der Waals surface area (Å²) in [6.45, 7) is 0. The van der Waals surface area contributed by atoms with Crippen molar-refractivity contribution in [2.75, 3.05) is 12.8 Å². The monoisotopic (exact) mass is 355 g/mol. The van der Waals surface area contributed by atoms with Gasteiger partial charge in [-0.1, -0.05) is 22.0 Å². The molecule has 0 unspecified atom stereocenters. The van der Waals surface area contributed by atoms with Crippen molar-refractivity contribution in [1.29, 1.82) is 0 Å². The zero-order valence-corrected chi connectivity index (χ0v) is 13.2. The number of benzene rings is 2. The van der Waals surface area contributed by atoms with Gasteiger partial charge in [0.15, 0.2) is 9.84 Å². The number of rotatable bonds is 4. The summed E-state index contributed by atoms with van der Waals surface area (Å²) in [5.41, 5.74) is 6.76. The Hall–Kier alpha value is -1.53. The van der Waals surface area contributed by atoms with Crippen LogP contribution in [0.2, 0.25) is 0 Å². The zero-order chi connectivity index (χ0) is 14.8. The highest BCUT2D eigenvalue weighted by Gasteiger charge is 2.18. The molecule has 2 aromatic rings. The first-order valence-electron chi connectivity index (χ1n) is 5.83. The van der Waals surface area contributed by atoms with E-state index in [1.165, 1.54) is 7.11 Å². The van der Waals surface area contributed by atoms with E-state index in [0.29, 0.717) is 17.0 Å². The highest BCUT2D eigenvalue weighted by atomic mass is 79.9. The quantitative estimate of drug-likeness (QED) is 0.855. The number of nitrogens with two attached hydrogens (primary N) is 1. The van der Waals surface area contributed by atoms with Crippen molar-refractivity contribution in [3.63, 3.8) is 0 Å². The van der Waals surface area contributed by atoms with Gasteiger partial charge in [0, 0.05) is 15.7 Å². The Kier molecular flexibility index (Phi) is 4.35. The van der Waals surface area contributed by atoms with Crippen LogP contribution in [0.25, 0.3) is 0 Å². The van der Waals surface area contributed by atoms with Crippen LogP contribution in [0.1, 0.15) is 5.56 Å². The average Bonchev–Trinajstić information content (AvgIpc) is 2.38. The Labute approximate surface area is 126 Å². The predicted molar refractivity (Wildman–Crippen MR) is 82.4 cm³/mol. The van der Waals surface area contributed by atoms with Crippen LogP contribution in [0.5, 0.6) is 5.75 Å². The van der Waals surface area contributed by atoms with Gasteiger partial charge in [0.25, 0.3) is 0 Å². The number of ether oxygens (including phenoxy) is 1. The summed E-state index contributed by atoms with van der Waals surface area (Å²) in [6.07, 6.45) is 0. The Morgan fingerprint density at radius 2 is 1.95 bits per heavy atom. The number of sulfone groups is 1. The van der Waals surface area contributed by atoms with Gasteiger partial charge in [-0.05, 0) is 36.4 Å². The van der Waals surface area contributed by atoms with Crippen molar-refractivity contribution in [2.45, 2.75) is 10.6 Å². The Morgan fingerprint density at radius 1 is 1.20 bits per heavy atom. The van der Waals surface area contributed by atoms with E-state index in [4.69, 9.17) is 10.5 Å². The van der Waals surface area contributed by atoms with Crippen molar-refractivity contribution in [1.82, 2.24) is 0 Å². The highest BCUT2D eigenvalue weighted by molar-refractivity contribution is 9.10. The van der Waals surface area contributed by atoms with Gasteiger partial charge in [0.1, 0.15) is 5.75 Å². The van der Waals surface area contributed by atoms with E-state index in [0.717, 1.165) is 4.47 Å². The molecule has 0 saturated carbocycles. The number of methoxy groups -OCH3 is 1. The van der Waals surface area contributed by atoms with Gasteiger partial charge in [0.2, 0.25) is 0 Å². The van der Waals surface area contributed by atoms with Crippen molar-refractivity contribution in [2.24, 2.45) is 0 Å². The highest BCUT2D eigenvalue weighted by Crippen LogP contribution is 2.26. The zero-order valence-electron chi connectivity index (χ0n) is 10.8. The van der Waals surface area contributed by atoms with Gasteiger partial charge in [-0.2, -0.15) is 0 Å². The molecule has 0 spiro atoms. The minimum Gasteiger partial charge on any atom is -0.496 e. The summed E-state index contributed by atoms with van der Waals surface area (Å²) in [4.78, 5) is 0.261. The molecule has 0 aliphatic heterocycles. The van der Waals surface area contributed by atoms with E-state index in [1.807, 2.05) is 0 Å². The molecular weight excluding hydrogens is 342 g/mol. The van der Waals surface area contributed by atoms with Crippen LogP contribution in [0, 0.1) is 0 Å². The van der Waals surface area contributed by atoms with Gasteiger partial charge in [0.05, 0.1) is 17.8 Å². The number of hydrogen-bond acceptors (Lipinski definition) is 4. The maximum atomic E-state index is 12.4. The van der Waals surface area contributed by atoms with Crippen molar-refractivity contribution >= 4 is 31.5 Å². The third-order valence-electron chi connectivity index (χ3n) is 2.81. The molecule has 20 heavy (non-hydrogen) atoms. The second-order valence-corrected chi connectivity index (χ2v) is 7.19. The first-order valence-corrected chi connectivity index (χ1v) is 8.27. The molecule has 6 heteroatoms. The van der Waals surface area contributed by atoms with Crippen molar-refractivity contribution < 1.29 is 13.2 Å². The fourth-order valence-electron chi connectivity index (χ4n) is 1.86. The normalized spacial score (nSPS) is 11.3. The molecule has 0 amide bonds. The summed E-state index contributed by atoms with van der Waals surface area (Å²) in [5.74, 6) is 0.357. The van der Waals surface area contributed by atoms with Gasteiger partial charge in [-0.3, -0.25) is 0 Å². The van der Waals surface area contributed by atoms with E-state index in [1.54, 1.807) is 42.5 Å². The number of hydrogen-bond donors (Lipinski definition) is 1. The van der Waals surface area contributed by atoms with E-state index >= 15 is 0 Å². The van der Waals surface area contributed by atoms with Gasteiger partial charge in [-0.15, -0.1) is 0 Å². The van der Waals surface area contributed by atoms with Crippen LogP contribution < -0.4 is 10.5 Å². The minimum atomic E-state index is -3.45. The molecule has 0 fully saturated rings. The minimum absolute atomic E-state index is 0.155. The largest absolute Gasteiger partial charge is 0.496 e. The topological polar surface area (TPSA) is 69.4 Å². The Bertz CT molecular complexity index is 729. The number of halogens is 1. The molecule has 2 aromatic carbocycles. The molecule has 0 heterocycles. The molecule has 106 valence electrons. The lowest BCUT2D eigenvalue weighted by atomic mass is 10.2. The van der Waals surface area contributed by atoms with Crippen LogP contribution in [-0.2, 0) is 15.6 Å². The third-order valence-corrected chi connectivity index (χ3v) is 4.96. The van der Waals surface area contributed by atoms with Crippen molar-refractivity contribution in [3.05, 3.63) is 52.5 Å².